The second-order valence-electron chi connectivity index (χ2n) is 3.04. The first kappa shape index (κ1) is 10.6. The predicted molar refractivity (Wildman–Crippen MR) is 60.7 cm³/mol. The van der Waals surface area contributed by atoms with Crippen LogP contribution in [0, 0.1) is 0 Å². The topological polar surface area (TPSA) is 83.0 Å². The molecule has 6 nitrogen and oxygen atoms in total. The van der Waals surface area contributed by atoms with Crippen molar-refractivity contribution in [3.05, 3.63) is 33.6 Å². The number of nitrogens with zero attached hydrogens (tertiary/aromatic N) is 3. The second-order valence-corrected chi connectivity index (χ2v) is 4.18. The number of ether oxygens (including phenoxy) is 1. The van der Waals surface area contributed by atoms with E-state index in [1.54, 1.807) is 6.20 Å². The highest BCUT2D eigenvalue weighted by molar-refractivity contribution is 7.15. The Labute approximate surface area is 95.3 Å². The van der Waals surface area contributed by atoms with Gasteiger partial charge in [0.05, 0.1) is 13.7 Å². The van der Waals surface area contributed by atoms with Gasteiger partial charge in [-0.1, -0.05) is 0 Å². The Morgan fingerprint density at radius 2 is 2.38 bits per heavy atom. The number of thiazole rings is 1. The van der Waals surface area contributed by atoms with Gasteiger partial charge in [0.15, 0.2) is 5.13 Å². The van der Waals surface area contributed by atoms with Crippen molar-refractivity contribution in [1.29, 1.82) is 0 Å². The van der Waals surface area contributed by atoms with Crippen molar-refractivity contribution in [3.8, 4) is 5.88 Å². The molecule has 0 bridgehead atoms. The average Bonchev–Trinajstić information content (AvgIpc) is 2.67. The van der Waals surface area contributed by atoms with Gasteiger partial charge in [-0.15, -0.1) is 16.4 Å². The number of hydrogen-bond donors (Lipinski definition) is 1. The molecular formula is C9H10N4O2S. The minimum Gasteiger partial charge on any atom is -0.480 e. The van der Waals surface area contributed by atoms with Crippen molar-refractivity contribution >= 4 is 16.5 Å². The molecule has 84 valence electrons. The van der Waals surface area contributed by atoms with Gasteiger partial charge >= 0.3 is 0 Å². The normalized spacial score (nSPS) is 10.3. The molecule has 0 unspecified atom stereocenters. The molecule has 2 rings (SSSR count). The molecule has 0 amide bonds. The predicted octanol–water partition coefficient (Wildman–Crippen LogP) is 0.339. The highest BCUT2D eigenvalue weighted by atomic mass is 32.1. The van der Waals surface area contributed by atoms with Gasteiger partial charge in [-0.3, -0.25) is 4.79 Å². The standard InChI is InChI=1S/C9H10N4O2S/c1-15-7-2-3-8(14)13(12-7)5-6-4-11-9(10)16-6/h2-4H,5H2,1H3,(H2,10,11). The van der Waals surface area contributed by atoms with Gasteiger partial charge in [0.1, 0.15) is 0 Å². The van der Waals surface area contributed by atoms with Gasteiger partial charge in [0, 0.05) is 23.2 Å². The first-order chi connectivity index (χ1) is 7.69. The Morgan fingerprint density at radius 1 is 1.56 bits per heavy atom. The quantitative estimate of drug-likeness (QED) is 0.833. The molecule has 0 aliphatic heterocycles. The zero-order valence-electron chi connectivity index (χ0n) is 8.58. The number of nitrogens with two attached hydrogens (primary N) is 1. The van der Waals surface area contributed by atoms with Crippen molar-refractivity contribution in [3.63, 3.8) is 0 Å². The molecule has 16 heavy (non-hydrogen) atoms. The third-order valence-electron chi connectivity index (χ3n) is 1.93. The molecule has 2 N–H and O–H groups in total. The maximum Gasteiger partial charge on any atom is 0.267 e. The van der Waals surface area contributed by atoms with E-state index in [0.717, 1.165) is 4.88 Å². The smallest absolute Gasteiger partial charge is 0.267 e. The lowest BCUT2D eigenvalue weighted by molar-refractivity contribution is 0.379. The van der Waals surface area contributed by atoms with E-state index in [2.05, 4.69) is 10.1 Å². The molecule has 0 spiro atoms. The summed E-state index contributed by atoms with van der Waals surface area (Å²) >= 11 is 1.33. The van der Waals surface area contributed by atoms with E-state index in [1.165, 1.54) is 35.3 Å². The van der Waals surface area contributed by atoms with Gasteiger partial charge in [0.2, 0.25) is 5.88 Å². The van der Waals surface area contributed by atoms with Crippen molar-refractivity contribution in [2.75, 3.05) is 12.8 Å². The molecule has 0 fully saturated rings. The lowest BCUT2D eigenvalue weighted by Crippen LogP contribution is -2.22. The number of rotatable bonds is 3. The van der Waals surface area contributed by atoms with Crippen molar-refractivity contribution in [2.24, 2.45) is 0 Å². The molecule has 0 saturated carbocycles. The van der Waals surface area contributed by atoms with Crippen LogP contribution in [0.3, 0.4) is 0 Å². The number of aromatic nitrogens is 3. The minimum atomic E-state index is -0.187. The lowest BCUT2D eigenvalue weighted by atomic mass is 10.5. The van der Waals surface area contributed by atoms with E-state index in [-0.39, 0.29) is 5.56 Å². The SMILES string of the molecule is COc1ccc(=O)n(Cc2cnc(N)s2)n1. The largest absolute Gasteiger partial charge is 0.480 e. The molecule has 0 atom stereocenters. The first-order valence-corrected chi connectivity index (χ1v) is 5.33. The van der Waals surface area contributed by atoms with E-state index in [1.807, 2.05) is 0 Å². The lowest BCUT2D eigenvalue weighted by Gasteiger charge is -2.03. The van der Waals surface area contributed by atoms with Gasteiger partial charge in [-0.05, 0) is 0 Å². The Morgan fingerprint density at radius 3 is 3.00 bits per heavy atom. The van der Waals surface area contributed by atoms with Crippen LogP contribution in [0.15, 0.2) is 23.1 Å². The van der Waals surface area contributed by atoms with E-state index >= 15 is 0 Å². The fraction of sp³-hybridized carbons (Fsp3) is 0.222. The molecule has 2 heterocycles. The Bertz CT molecular complexity index is 548. The van der Waals surface area contributed by atoms with Gasteiger partial charge < -0.3 is 10.5 Å². The molecule has 2 aromatic heterocycles. The van der Waals surface area contributed by atoms with Crippen LogP contribution >= 0.6 is 11.3 Å². The Balaban J connectivity index is 2.30. The number of methoxy groups -OCH3 is 1. The van der Waals surface area contributed by atoms with Crippen molar-refractivity contribution in [2.45, 2.75) is 6.54 Å². The molecule has 0 saturated heterocycles. The van der Waals surface area contributed by atoms with Crippen LogP contribution < -0.4 is 16.0 Å². The van der Waals surface area contributed by atoms with Crippen molar-refractivity contribution < 1.29 is 4.74 Å². The summed E-state index contributed by atoms with van der Waals surface area (Å²) in [6.07, 6.45) is 1.63. The molecule has 2 aromatic rings. The fourth-order valence-electron chi connectivity index (χ4n) is 1.20. The summed E-state index contributed by atoms with van der Waals surface area (Å²) in [5.74, 6) is 0.400. The zero-order valence-corrected chi connectivity index (χ0v) is 9.40. The van der Waals surface area contributed by atoms with Crippen LogP contribution in [0.5, 0.6) is 5.88 Å². The maximum absolute atomic E-state index is 11.5. The number of anilines is 1. The maximum atomic E-state index is 11.5. The van der Waals surface area contributed by atoms with E-state index < -0.39 is 0 Å². The van der Waals surface area contributed by atoms with Crippen molar-refractivity contribution in [1.82, 2.24) is 14.8 Å². The summed E-state index contributed by atoms with van der Waals surface area (Å²) < 4.78 is 6.26. The molecular weight excluding hydrogens is 228 g/mol. The van der Waals surface area contributed by atoms with Gasteiger partial charge in [-0.2, -0.15) is 0 Å². The summed E-state index contributed by atoms with van der Waals surface area (Å²) in [7, 11) is 1.50. The average molecular weight is 238 g/mol. The van der Waals surface area contributed by atoms with Crippen LogP contribution in [0.2, 0.25) is 0 Å². The van der Waals surface area contributed by atoms with Gasteiger partial charge in [0.25, 0.3) is 5.56 Å². The highest BCUT2D eigenvalue weighted by Gasteiger charge is 2.04. The van der Waals surface area contributed by atoms with Crippen LogP contribution in [0.1, 0.15) is 4.88 Å². The minimum absolute atomic E-state index is 0.187. The Kier molecular flexibility index (Phi) is 2.86. The third kappa shape index (κ3) is 2.19. The van der Waals surface area contributed by atoms with Crippen LogP contribution in [-0.2, 0) is 6.54 Å². The number of hydrogen-bond acceptors (Lipinski definition) is 6. The van der Waals surface area contributed by atoms with Crippen LogP contribution in [0.4, 0.5) is 5.13 Å². The highest BCUT2D eigenvalue weighted by Crippen LogP contribution is 2.14. The summed E-state index contributed by atoms with van der Waals surface area (Å²) in [6.45, 7) is 0.352. The van der Waals surface area contributed by atoms with E-state index in [4.69, 9.17) is 10.5 Å². The third-order valence-corrected chi connectivity index (χ3v) is 2.74. The monoisotopic (exact) mass is 238 g/mol. The molecule has 0 aliphatic carbocycles. The number of nitrogen functional groups attached to an aromatic ring is 1. The summed E-state index contributed by atoms with van der Waals surface area (Å²) in [4.78, 5) is 16.3. The summed E-state index contributed by atoms with van der Waals surface area (Å²) in [6, 6.07) is 2.94. The summed E-state index contributed by atoms with van der Waals surface area (Å²) in [5.41, 5.74) is 5.31. The second kappa shape index (κ2) is 4.31. The van der Waals surface area contributed by atoms with Crippen LogP contribution in [0.25, 0.3) is 0 Å². The molecule has 0 radical (unpaired) electrons. The van der Waals surface area contributed by atoms with E-state index in [0.29, 0.717) is 17.6 Å². The first-order valence-electron chi connectivity index (χ1n) is 4.51. The summed E-state index contributed by atoms with van der Waals surface area (Å²) in [5, 5.41) is 4.49. The van der Waals surface area contributed by atoms with Crippen LogP contribution in [-0.4, -0.2) is 21.9 Å². The van der Waals surface area contributed by atoms with E-state index in [9.17, 15) is 4.79 Å². The molecule has 7 heteroatoms. The zero-order chi connectivity index (χ0) is 11.5. The molecule has 0 aromatic carbocycles. The Hall–Kier alpha value is -1.89. The van der Waals surface area contributed by atoms with Gasteiger partial charge in [-0.25, -0.2) is 9.67 Å². The molecule has 0 aliphatic rings. The fourth-order valence-corrected chi connectivity index (χ4v) is 1.86.